The van der Waals surface area contributed by atoms with Gasteiger partial charge in [-0.2, -0.15) is 13.2 Å². The number of rotatable bonds is 2. The van der Waals surface area contributed by atoms with Crippen LogP contribution in [-0.2, 0) is 11.0 Å². The zero-order chi connectivity index (χ0) is 10.9. The van der Waals surface area contributed by atoms with Gasteiger partial charge in [-0.05, 0) is 11.4 Å². The number of hydrogen-bond acceptors (Lipinski definition) is 3. The van der Waals surface area contributed by atoms with Gasteiger partial charge >= 0.3 is 12.1 Å². The summed E-state index contributed by atoms with van der Waals surface area (Å²) in [6.07, 6.45) is -4.55. The number of carbonyl (C=O) groups is 1. The van der Waals surface area contributed by atoms with Crippen molar-refractivity contribution in [2.45, 2.75) is 12.2 Å². The average Bonchev–Trinajstić information content (AvgIpc) is 2.48. The number of thiophene rings is 1. The molecule has 0 saturated heterocycles. The zero-order valence-corrected chi connectivity index (χ0v) is 7.52. The molecule has 1 unspecified atom stereocenters. The largest absolute Gasteiger partial charge is 0.480 e. The van der Waals surface area contributed by atoms with Crippen LogP contribution in [0.2, 0.25) is 0 Å². The van der Waals surface area contributed by atoms with E-state index in [4.69, 9.17) is 10.8 Å². The first-order chi connectivity index (χ1) is 6.34. The van der Waals surface area contributed by atoms with Crippen LogP contribution in [-0.4, -0.2) is 11.1 Å². The van der Waals surface area contributed by atoms with Crippen LogP contribution in [0.15, 0.2) is 11.4 Å². The molecule has 7 heteroatoms. The predicted octanol–water partition coefficient (Wildman–Crippen LogP) is 1.85. The number of alkyl halides is 3. The summed E-state index contributed by atoms with van der Waals surface area (Å²) < 4.78 is 36.8. The predicted molar refractivity (Wildman–Crippen MR) is 43.9 cm³/mol. The number of carboxylic acids is 1. The fourth-order valence-electron chi connectivity index (χ4n) is 0.928. The van der Waals surface area contributed by atoms with Crippen molar-refractivity contribution in [3.05, 3.63) is 21.9 Å². The molecule has 1 atom stereocenters. The lowest BCUT2D eigenvalue weighted by Gasteiger charge is -2.10. The van der Waals surface area contributed by atoms with Crippen LogP contribution >= 0.6 is 11.3 Å². The molecule has 0 bridgehead atoms. The summed E-state index contributed by atoms with van der Waals surface area (Å²) in [6.45, 7) is 0. The summed E-state index contributed by atoms with van der Waals surface area (Å²) >= 11 is 0.434. The SMILES string of the molecule is NC(C(=O)O)c1ccsc1C(F)(F)F. The molecule has 0 aliphatic rings. The second-order valence-electron chi connectivity index (χ2n) is 2.52. The molecule has 3 nitrogen and oxygen atoms in total. The van der Waals surface area contributed by atoms with Crippen molar-refractivity contribution >= 4 is 17.3 Å². The van der Waals surface area contributed by atoms with Gasteiger partial charge in [0.2, 0.25) is 0 Å². The van der Waals surface area contributed by atoms with Crippen LogP contribution in [0, 0.1) is 0 Å². The Kier molecular flexibility index (Phi) is 2.81. The Morgan fingerprint density at radius 1 is 1.57 bits per heavy atom. The van der Waals surface area contributed by atoms with Crippen molar-refractivity contribution in [3.63, 3.8) is 0 Å². The van der Waals surface area contributed by atoms with E-state index in [0.29, 0.717) is 11.3 Å². The normalized spacial score (nSPS) is 14.0. The van der Waals surface area contributed by atoms with Crippen molar-refractivity contribution in [2.75, 3.05) is 0 Å². The molecular weight excluding hydrogens is 219 g/mol. The fraction of sp³-hybridized carbons (Fsp3) is 0.286. The standard InChI is InChI=1S/C7H6F3NO2S/c8-7(9,10)5-3(1-2-14-5)4(11)6(12)13/h1-2,4H,11H2,(H,12,13). The van der Waals surface area contributed by atoms with Gasteiger partial charge in [0.05, 0.1) is 0 Å². The van der Waals surface area contributed by atoms with E-state index in [-0.39, 0.29) is 0 Å². The van der Waals surface area contributed by atoms with E-state index >= 15 is 0 Å². The van der Waals surface area contributed by atoms with Crippen LogP contribution in [0.3, 0.4) is 0 Å². The van der Waals surface area contributed by atoms with Crippen molar-refractivity contribution in [3.8, 4) is 0 Å². The minimum Gasteiger partial charge on any atom is -0.480 e. The second-order valence-corrected chi connectivity index (χ2v) is 3.43. The smallest absolute Gasteiger partial charge is 0.425 e. The molecule has 1 aromatic heterocycles. The molecule has 0 spiro atoms. The lowest BCUT2D eigenvalue weighted by atomic mass is 10.1. The lowest BCUT2D eigenvalue weighted by Crippen LogP contribution is -2.22. The Morgan fingerprint density at radius 3 is 2.57 bits per heavy atom. The molecule has 1 heterocycles. The van der Waals surface area contributed by atoms with Gasteiger partial charge in [-0.15, -0.1) is 11.3 Å². The Balaban J connectivity index is 3.11. The molecular formula is C7H6F3NO2S. The molecule has 0 aliphatic heterocycles. The van der Waals surface area contributed by atoms with Crippen molar-refractivity contribution in [1.82, 2.24) is 0 Å². The van der Waals surface area contributed by atoms with Gasteiger partial charge in [0, 0.05) is 5.56 Å². The Hall–Kier alpha value is -1.08. The molecule has 14 heavy (non-hydrogen) atoms. The highest BCUT2D eigenvalue weighted by molar-refractivity contribution is 7.10. The molecule has 0 aliphatic carbocycles. The van der Waals surface area contributed by atoms with E-state index in [9.17, 15) is 18.0 Å². The molecule has 0 saturated carbocycles. The van der Waals surface area contributed by atoms with Gasteiger partial charge < -0.3 is 10.8 Å². The maximum absolute atomic E-state index is 12.3. The molecule has 0 amide bonds. The number of halogens is 3. The number of nitrogens with two attached hydrogens (primary N) is 1. The Labute approximate surface area is 81.0 Å². The van der Waals surface area contributed by atoms with Crippen LogP contribution in [0.4, 0.5) is 13.2 Å². The first kappa shape index (κ1) is 11.0. The van der Waals surface area contributed by atoms with E-state index in [0.717, 1.165) is 6.07 Å². The monoisotopic (exact) mass is 225 g/mol. The number of carboxylic acid groups (broad SMARTS) is 1. The summed E-state index contributed by atoms with van der Waals surface area (Å²) in [7, 11) is 0. The molecule has 78 valence electrons. The van der Waals surface area contributed by atoms with Crippen molar-refractivity contribution in [1.29, 1.82) is 0 Å². The quantitative estimate of drug-likeness (QED) is 0.807. The fourth-order valence-corrected chi connectivity index (χ4v) is 1.74. The third-order valence-corrected chi connectivity index (χ3v) is 2.53. The molecule has 0 radical (unpaired) electrons. The maximum atomic E-state index is 12.3. The van der Waals surface area contributed by atoms with Gasteiger partial charge in [-0.25, -0.2) is 0 Å². The number of aliphatic carboxylic acids is 1. The maximum Gasteiger partial charge on any atom is 0.425 e. The summed E-state index contributed by atoms with van der Waals surface area (Å²) in [6, 6.07) is -0.551. The van der Waals surface area contributed by atoms with E-state index in [2.05, 4.69) is 0 Å². The summed E-state index contributed by atoms with van der Waals surface area (Å²) in [5.41, 5.74) is 4.69. The van der Waals surface area contributed by atoms with Gasteiger partial charge in [0.1, 0.15) is 10.9 Å². The highest BCUT2D eigenvalue weighted by Crippen LogP contribution is 2.37. The first-order valence-corrected chi connectivity index (χ1v) is 4.35. The summed E-state index contributed by atoms with van der Waals surface area (Å²) in [5.74, 6) is -1.48. The van der Waals surface area contributed by atoms with E-state index in [1.165, 1.54) is 5.38 Å². The topological polar surface area (TPSA) is 63.3 Å². The third kappa shape index (κ3) is 2.05. The van der Waals surface area contributed by atoms with Gasteiger partial charge in [-0.1, -0.05) is 0 Å². The Morgan fingerprint density at radius 2 is 2.14 bits per heavy atom. The molecule has 1 aromatic rings. The minimum atomic E-state index is -4.55. The second kappa shape index (κ2) is 3.58. The van der Waals surface area contributed by atoms with Crippen LogP contribution in [0.25, 0.3) is 0 Å². The Bertz CT molecular complexity index is 347. The van der Waals surface area contributed by atoms with Crippen LogP contribution < -0.4 is 5.73 Å². The number of hydrogen-bond donors (Lipinski definition) is 2. The van der Waals surface area contributed by atoms with Crippen molar-refractivity contribution in [2.24, 2.45) is 5.73 Å². The van der Waals surface area contributed by atoms with E-state index < -0.39 is 28.6 Å². The molecule has 3 N–H and O–H groups in total. The highest BCUT2D eigenvalue weighted by Gasteiger charge is 2.37. The zero-order valence-electron chi connectivity index (χ0n) is 6.71. The van der Waals surface area contributed by atoms with E-state index in [1.54, 1.807) is 0 Å². The summed E-state index contributed by atoms with van der Waals surface area (Å²) in [4.78, 5) is 9.44. The highest BCUT2D eigenvalue weighted by atomic mass is 32.1. The van der Waals surface area contributed by atoms with Crippen molar-refractivity contribution < 1.29 is 23.1 Å². The van der Waals surface area contributed by atoms with Crippen LogP contribution in [0.1, 0.15) is 16.5 Å². The van der Waals surface area contributed by atoms with Gasteiger partial charge in [0.15, 0.2) is 0 Å². The lowest BCUT2D eigenvalue weighted by molar-refractivity contribution is -0.140. The first-order valence-electron chi connectivity index (χ1n) is 3.47. The average molecular weight is 225 g/mol. The van der Waals surface area contributed by atoms with Crippen LogP contribution in [0.5, 0.6) is 0 Å². The summed E-state index contributed by atoms with van der Waals surface area (Å²) in [5, 5.41) is 9.62. The minimum absolute atomic E-state index is 0.394. The molecule has 1 rings (SSSR count). The molecule has 0 fully saturated rings. The van der Waals surface area contributed by atoms with E-state index in [1.807, 2.05) is 0 Å². The third-order valence-electron chi connectivity index (χ3n) is 1.55. The van der Waals surface area contributed by atoms with Gasteiger partial charge in [-0.3, -0.25) is 4.79 Å². The van der Waals surface area contributed by atoms with Gasteiger partial charge in [0.25, 0.3) is 0 Å². The molecule has 0 aromatic carbocycles.